The van der Waals surface area contributed by atoms with Crippen molar-refractivity contribution in [1.29, 1.82) is 0 Å². The first-order valence-corrected chi connectivity index (χ1v) is 12.8. The Morgan fingerprint density at radius 3 is 2.25 bits per heavy atom. The van der Waals surface area contributed by atoms with E-state index in [-0.39, 0.29) is 28.3 Å². The second-order valence-corrected chi connectivity index (χ2v) is 10.8. The van der Waals surface area contributed by atoms with Gasteiger partial charge in [-0.1, -0.05) is 12.1 Å². The molecule has 2 aromatic rings. The minimum atomic E-state index is -0.348. The number of hydrogen-bond acceptors (Lipinski definition) is 7. The molecule has 4 saturated heterocycles. The van der Waals surface area contributed by atoms with Gasteiger partial charge in [-0.15, -0.1) is 0 Å². The quantitative estimate of drug-likeness (QED) is 0.392. The summed E-state index contributed by atoms with van der Waals surface area (Å²) in [6.07, 6.45) is 3.34. The topological polar surface area (TPSA) is 99.0 Å². The summed E-state index contributed by atoms with van der Waals surface area (Å²) in [5, 5.41) is 13.4. The van der Waals surface area contributed by atoms with Crippen molar-refractivity contribution in [2.75, 3.05) is 49.1 Å². The molecule has 1 spiro atoms. The molecule has 9 heteroatoms. The van der Waals surface area contributed by atoms with E-state index >= 15 is 0 Å². The second-order valence-electron chi connectivity index (χ2n) is 10.8. The van der Waals surface area contributed by atoms with E-state index in [1.54, 1.807) is 12.1 Å². The fraction of sp³-hybridized carbons (Fsp3) is 0.481. The van der Waals surface area contributed by atoms with E-state index in [4.69, 9.17) is 0 Å². The van der Waals surface area contributed by atoms with Gasteiger partial charge in [-0.25, -0.2) is 0 Å². The van der Waals surface area contributed by atoms with Crippen LogP contribution in [0, 0.1) is 15.5 Å². The predicted molar refractivity (Wildman–Crippen MR) is 136 cm³/mol. The molecular formula is C27H31N5O4. The van der Waals surface area contributed by atoms with Gasteiger partial charge in [-0.2, -0.15) is 0 Å². The van der Waals surface area contributed by atoms with E-state index in [0.29, 0.717) is 24.3 Å². The average molecular weight is 490 g/mol. The highest BCUT2D eigenvalue weighted by Crippen LogP contribution is 2.43. The normalized spacial score (nSPS) is 26.9. The zero-order valence-electron chi connectivity index (χ0n) is 20.3. The molecule has 2 amide bonds. The molecule has 4 fully saturated rings. The van der Waals surface area contributed by atoms with E-state index in [1.165, 1.54) is 18.5 Å². The number of nitrogens with one attached hydrogen (secondary N) is 1. The van der Waals surface area contributed by atoms with Crippen LogP contribution in [0.25, 0.3) is 0 Å². The van der Waals surface area contributed by atoms with Crippen LogP contribution in [0.15, 0.2) is 48.5 Å². The fourth-order valence-corrected chi connectivity index (χ4v) is 6.38. The predicted octanol–water partition coefficient (Wildman–Crippen LogP) is 2.91. The van der Waals surface area contributed by atoms with Crippen molar-refractivity contribution in [1.82, 2.24) is 10.2 Å². The lowest BCUT2D eigenvalue weighted by Crippen LogP contribution is -2.59. The summed E-state index contributed by atoms with van der Waals surface area (Å²) in [5.74, 6) is -0.608. The molecule has 0 aliphatic carbocycles. The third kappa shape index (κ3) is 4.21. The number of benzene rings is 2. The van der Waals surface area contributed by atoms with Gasteiger partial charge in [0.25, 0.3) is 5.69 Å². The molecule has 2 aromatic carbocycles. The minimum Gasteiger partial charge on any atom is -0.371 e. The smallest absolute Gasteiger partial charge is 0.269 e. The molecule has 6 rings (SSSR count). The van der Waals surface area contributed by atoms with Crippen LogP contribution < -0.4 is 15.1 Å². The number of nitro groups is 1. The summed E-state index contributed by atoms with van der Waals surface area (Å²) in [5.41, 5.74) is 3.68. The molecule has 4 aliphatic heterocycles. The summed E-state index contributed by atoms with van der Waals surface area (Å²) in [7, 11) is 0. The van der Waals surface area contributed by atoms with Gasteiger partial charge in [-0.05, 0) is 55.6 Å². The zero-order chi connectivity index (χ0) is 24.9. The van der Waals surface area contributed by atoms with Gasteiger partial charge in [0.05, 0.1) is 10.8 Å². The molecule has 9 nitrogen and oxygen atoms in total. The molecule has 188 valence electrons. The van der Waals surface area contributed by atoms with Crippen molar-refractivity contribution >= 4 is 28.9 Å². The summed E-state index contributed by atoms with van der Waals surface area (Å²) < 4.78 is 0. The number of rotatable bonds is 5. The van der Waals surface area contributed by atoms with Crippen LogP contribution in [-0.2, 0) is 9.59 Å². The number of carbonyl (C=O) groups excluding carboxylic acids is 2. The maximum atomic E-state index is 12.2. The van der Waals surface area contributed by atoms with Crippen LogP contribution in [-0.4, -0.2) is 66.9 Å². The van der Waals surface area contributed by atoms with Gasteiger partial charge in [0.1, 0.15) is 0 Å². The number of piperidine rings is 1. The van der Waals surface area contributed by atoms with Crippen LogP contribution in [0.3, 0.4) is 0 Å². The number of likely N-dealkylation sites (tertiary alicyclic amines) is 1. The minimum absolute atomic E-state index is 0.139. The summed E-state index contributed by atoms with van der Waals surface area (Å²) >= 11 is 0. The number of carbonyl (C=O) groups is 2. The number of nitrogens with zero attached hydrogens (tertiary/aromatic N) is 4. The lowest BCUT2D eigenvalue weighted by Gasteiger charge is -2.46. The first-order chi connectivity index (χ1) is 17.4. The van der Waals surface area contributed by atoms with E-state index in [9.17, 15) is 19.7 Å². The van der Waals surface area contributed by atoms with Crippen LogP contribution in [0.4, 0.5) is 17.1 Å². The molecular weight excluding hydrogens is 458 g/mol. The molecule has 0 saturated carbocycles. The number of nitro benzene ring substituents is 1. The van der Waals surface area contributed by atoms with Crippen molar-refractivity contribution in [3.63, 3.8) is 0 Å². The Bertz CT molecular complexity index is 1180. The third-order valence-electron chi connectivity index (χ3n) is 8.61. The van der Waals surface area contributed by atoms with Gasteiger partial charge in [-0.3, -0.25) is 29.9 Å². The molecule has 4 aliphatic rings. The lowest BCUT2D eigenvalue weighted by atomic mass is 9.86. The average Bonchev–Trinajstić information content (AvgIpc) is 3.45. The number of non-ortho nitro benzene ring substituents is 1. The van der Waals surface area contributed by atoms with Crippen molar-refractivity contribution < 1.29 is 14.5 Å². The molecule has 1 N–H and O–H groups in total. The molecule has 2 unspecified atom stereocenters. The fourth-order valence-electron chi connectivity index (χ4n) is 6.38. The Hall–Kier alpha value is -3.46. The Kier molecular flexibility index (Phi) is 5.67. The third-order valence-corrected chi connectivity index (χ3v) is 8.61. The molecule has 2 atom stereocenters. The number of imide groups is 1. The van der Waals surface area contributed by atoms with E-state index in [2.05, 4.69) is 32.1 Å². The highest BCUT2D eigenvalue weighted by Gasteiger charge is 2.47. The van der Waals surface area contributed by atoms with Gasteiger partial charge in [0.15, 0.2) is 0 Å². The SMILES string of the molecule is O=C1CCC(c2ccc(N3CC(N4CCC5(CCN(c6ccc([N+](=O)[O-])cc6)C5)C4)C3)cc2)C(=O)N1. The van der Waals surface area contributed by atoms with Crippen molar-refractivity contribution in [2.24, 2.45) is 5.41 Å². The van der Waals surface area contributed by atoms with Crippen LogP contribution in [0.2, 0.25) is 0 Å². The number of amides is 2. The van der Waals surface area contributed by atoms with Crippen LogP contribution in [0.5, 0.6) is 0 Å². The molecule has 4 heterocycles. The summed E-state index contributed by atoms with van der Waals surface area (Å²) in [6, 6.07) is 15.8. The first-order valence-electron chi connectivity index (χ1n) is 12.8. The molecule has 0 aromatic heterocycles. The number of anilines is 2. The van der Waals surface area contributed by atoms with Crippen LogP contribution >= 0.6 is 0 Å². The lowest BCUT2D eigenvalue weighted by molar-refractivity contribution is -0.384. The van der Waals surface area contributed by atoms with Gasteiger partial charge >= 0.3 is 0 Å². The highest BCUT2D eigenvalue weighted by molar-refractivity contribution is 6.00. The standard InChI is InChI=1S/C27H31N5O4/c33-25-10-9-24(26(34)28-25)19-1-3-21(4-2-19)31-15-23(16-31)30-14-12-27(18-30)11-13-29(17-27)20-5-7-22(8-6-20)32(35)36/h1-8,23-24H,9-18H2,(H,28,33,34). The Morgan fingerprint density at radius 2 is 1.56 bits per heavy atom. The maximum Gasteiger partial charge on any atom is 0.269 e. The molecule has 36 heavy (non-hydrogen) atoms. The van der Waals surface area contributed by atoms with Gasteiger partial charge < -0.3 is 9.80 Å². The van der Waals surface area contributed by atoms with Gasteiger partial charge in [0, 0.05) is 74.1 Å². The van der Waals surface area contributed by atoms with E-state index in [1.807, 2.05) is 24.3 Å². The van der Waals surface area contributed by atoms with Gasteiger partial charge in [0.2, 0.25) is 11.8 Å². The van der Waals surface area contributed by atoms with Crippen molar-refractivity contribution in [3.05, 3.63) is 64.2 Å². The van der Waals surface area contributed by atoms with Crippen molar-refractivity contribution in [2.45, 2.75) is 37.6 Å². The van der Waals surface area contributed by atoms with E-state index in [0.717, 1.165) is 50.5 Å². The maximum absolute atomic E-state index is 12.2. The number of hydrogen-bond donors (Lipinski definition) is 1. The monoisotopic (exact) mass is 489 g/mol. The summed E-state index contributed by atoms with van der Waals surface area (Å²) in [4.78, 5) is 41.6. The Morgan fingerprint density at radius 1 is 0.889 bits per heavy atom. The highest BCUT2D eigenvalue weighted by atomic mass is 16.6. The molecule has 0 radical (unpaired) electrons. The molecule has 0 bridgehead atoms. The Balaban J connectivity index is 1.01. The summed E-state index contributed by atoms with van der Waals surface area (Å²) in [6.45, 7) is 6.28. The Labute approximate surface area is 210 Å². The largest absolute Gasteiger partial charge is 0.371 e. The van der Waals surface area contributed by atoms with Crippen molar-refractivity contribution in [3.8, 4) is 0 Å². The van der Waals surface area contributed by atoms with Crippen LogP contribution in [0.1, 0.15) is 37.2 Å². The second kappa shape index (κ2) is 8.89. The van der Waals surface area contributed by atoms with E-state index < -0.39 is 0 Å². The first kappa shape index (κ1) is 23.0. The zero-order valence-corrected chi connectivity index (χ0v) is 20.3.